The predicted molar refractivity (Wildman–Crippen MR) is 112 cm³/mol. The molecule has 1 heterocycles. The zero-order chi connectivity index (χ0) is 21.0. The van der Waals surface area contributed by atoms with Crippen LogP contribution in [0.25, 0.3) is 0 Å². The quantitative estimate of drug-likeness (QED) is 0.755. The van der Waals surface area contributed by atoms with Gasteiger partial charge in [-0.05, 0) is 42.7 Å². The lowest BCUT2D eigenvalue weighted by Crippen LogP contribution is -2.35. The van der Waals surface area contributed by atoms with Crippen molar-refractivity contribution in [3.63, 3.8) is 0 Å². The number of rotatable bonds is 7. The van der Waals surface area contributed by atoms with Gasteiger partial charge in [-0.25, -0.2) is 8.42 Å². The van der Waals surface area contributed by atoms with Crippen molar-refractivity contribution >= 4 is 27.3 Å². The van der Waals surface area contributed by atoms with Gasteiger partial charge < -0.3 is 10.2 Å². The Labute approximate surface area is 171 Å². The molecule has 0 saturated heterocycles. The molecule has 0 spiro atoms. The summed E-state index contributed by atoms with van der Waals surface area (Å²) in [6.45, 7) is 4.14. The molecule has 0 radical (unpaired) electrons. The molecule has 7 heteroatoms. The zero-order valence-corrected chi connectivity index (χ0v) is 17.5. The van der Waals surface area contributed by atoms with Crippen LogP contribution in [-0.2, 0) is 32.4 Å². The summed E-state index contributed by atoms with van der Waals surface area (Å²) in [6, 6.07) is 14.4. The number of anilines is 1. The summed E-state index contributed by atoms with van der Waals surface area (Å²) in [5.41, 5.74) is 2.60. The molecule has 2 amide bonds. The fraction of sp³-hybridized carbons (Fsp3) is 0.364. The maximum absolute atomic E-state index is 12.7. The van der Waals surface area contributed by atoms with Gasteiger partial charge in [0.05, 0.1) is 10.6 Å². The third-order valence-electron chi connectivity index (χ3n) is 5.13. The van der Waals surface area contributed by atoms with Crippen LogP contribution in [0, 0.1) is 0 Å². The predicted octanol–water partition coefficient (Wildman–Crippen LogP) is 2.85. The van der Waals surface area contributed by atoms with Gasteiger partial charge in [0.2, 0.25) is 11.8 Å². The van der Waals surface area contributed by atoms with Gasteiger partial charge in [-0.2, -0.15) is 0 Å². The van der Waals surface area contributed by atoms with Crippen LogP contribution in [0.5, 0.6) is 0 Å². The Morgan fingerprint density at radius 1 is 1.14 bits per heavy atom. The molecular weight excluding hydrogens is 388 g/mol. The Morgan fingerprint density at radius 3 is 2.55 bits per heavy atom. The fourth-order valence-electron chi connectivity index (χ4n) is 3.58. The fourth-order valence-corrected chi connectivity index (χ4v) is 4.87. The van der Waals surface area contributed by atoms with Crippen LogP contribution in [-0.4, -0.2) is 32.0 Å². The highest BCUT2D eigenvalue weighted by atomic mass is 32.2. The molecular formula is C22H26N2O4S. The Bertz CT molecular complexity index is 1000. The van der Waals surface area contributed by atoms with E-state index >= 15 is 0 Å². The summed E-state index contributed by atoms with van der Waals surface area (Å²) < 4.78 is 25.4. The molecule has 1 aliphatic heterocycles. The molecule has 1 atom stereocenters. The van der Waals surface area contributed by atoms with Crippen molar-refractivity contribution in [1.82, 2.24) is 5.32 Å². The summed E-state index contributed by atoms with van der Waals surface area (Å²) in [4.78, 5) is 26.2. The molecule has 1 aliphatic rings. The Kier molecular flexibility index (Phi) is 6.37. The van der Waals surface area contributed by atoms with Gasteiger partial charge in [-0.1, -0.05) is 37.3 Å². The normalized spacial score (nSPS) is 15.8. The number of sulfone groups is 1. The number of nitrogens with one attached hydrogen (secondary N) is 1. The van der Waals surface area contributed by atoms with Crippen LogP contribution >= 0.6 is 0 Å². The third-order valence-corrected chi connectivity index (χ3v) is 6.84. The van der Waals surface area contributed by atoms with Crippen LogP contribution in [0.3, 0.4) is 0 Å². The lowest BCUT2D eigenvalue weighted by Gasteiger charge is -2.22. The van der Waals surface area contributed by atoms with Gasteiger partial charge in [0.15, 0.2) is 9.84 Å². The summed E-state index contributed by atoms with van der Waals surface area (Å²) in [5.74, 6) is -0.520. The molecule has 2 aromatic carbocycles. The maximum Gasteiger partial charge on any atom is 0.226 e. The first-order chi connectivity index (χ1) is 13.8. The molecule has 2 aromatic rings. The van der Waals surface area contributed by atoms with Gasteiger partial charge in [-0.15, -0.1) is 0 Å². The SMILES string of the molecule is CCC(=O)N1c2ccc(S(=O)(=O)CCC(=O)NCc3ccccc3)cc2C[C@@H]1C. The highest BCUT2D eigenvalue weighted by molar-refractivity contribution is 7.91. The highest BCUT2D eigenvalue weighted by Crippen LogP contribution is 2.34. The molecule has 0 aromatic heterocycles. The minimum absolute atomic E-state index is 0.0131. The van der Waals surface area contributed by atoms with Crippen molar-refractivity contribution < 1.29 is 18.0 Å². The topological polar surface area (TPSA) is 83.6 Å². The highest BCUT2D eigenvalue weighted by Gasteiger charge is 2.31. The minimum atomic E-state index is -3.58. The van der Waals surface area contributed by atoms with Gasteiger partial charge in [0.1, 0.15) is 0 Å². The monoisotopic (exact) mass is 414 g/mol. The lowest BCUT2D eigenvalue weighted by atomic mass is 10.1. The van der Waals surface area contributed by atoms with Crippen molar-refractivity contribution in [3.8, 4) is 0 Å². The van der Waals surface area contributed by atoms with E-state index in [1.807, 2.05) is 44.2 Å². The summed E-state index contributed by atoms with van der Waals surface area (Å²) in [6.07, 6.45) is 0.938. The third kappa shape index (κ3) is 4.85. The molecule has 0 bridgehead atoms. The maximum atomic E-state index is 12.7. The van der Waals surface area contributed by atoms with Gasteiger partial charge in [-0.3, -0.25) is 9.59 Å². The van der Waals surface area contributed by atoms with Crippen molar-refractivity contribution in [2.24, 2.45) is 0 Å². The van der Waals surface area contributed by atoms with E-state index in [-0.39, 0.29) is 34.9 Å². The number of amides is 2. The summed E-state index contributed by atoms with van der Waals surface area (Å²) in [7, 11) is -3.58. The standard InChI is InChI=1S/C22H26N2O4S/c1-3-22(26)24-16(2)13-18-14-19(9-10-20(18)24)29(27,28)12-11-21(25)23-15-17-7-5-4-6-8-17/h4-10,14,16H,3,11-13,15H2,1-2H3,(H,23,25)/t16-/m0/s1. The largest absolute Gasteiger partial charge is 0.352 e. The van der Waals surface area contributed by atoms with Gasteiger partial charge >= 0.3 is 0 Å². The van der Waals surface area contributed by atoms with Crippen molar-refractivity contribution in [3.05, 3.63) is 59.7 Å². The first kappa shape index (κ1) is 21.0. The van der Waals surface area contributed by atoms with Crippen LogP contribution < -0.4 is 10.2 Å². The summed E-state index contributed by atoms with van der Waals surface area (Å²) in [5, 5.41) is 2.75. The molecule has 154 valence electrons. The van der Waals surface area contributed by atoms with Gasteiger partial charge in [0, 0.05) is 31.1 Å². The first-order valence-corrected chi connectivity index (χ1v) is 11.5. The smallest absolute Gasteiger partial charge is 0.226 e. The number of fused-ring (bicyclic) bond motifs is 1. The first-order valence-electron chi connectivity index (χ1n) is 9.80. The van der Waals surface area contributed by atoms with E-state index in [9.17, 15) is 18.0 Å². The molecule has 6 nitrogen and oxygen atoms in total. The molecule has 3 rings (SSSR count). The van der Waals surface area contributed by atoms with Crippen LogP contribution in [0.1, 0.15) is 37.8 Å². The van der Waals surface area contributed by atoms with Crippen LogP contribution in [0.4, 0.5) is 5.69 Å². The average molecular weight is 415 g/mol. The number of nitrogens with zero attached hydrogens (tertiary/aromatic N) is 1. The number of carbonyl (C=O) groups is 2. The van der Waals surface area contributed by atoms with Crippen LogP contribution in [0.15, 0.2) is 53.4 Å². The van der Waals surface area contributed by atoms with E-state index in [0.29, 0.717) is 19.4 Å². The van der Waals surface area contributed by atoms with E-state index in [1.54, 1.807) is 17.0 Å². The van der Waals surface area contributed by atoms with Crippen LogP contribution in [0.2, 0.25) is 0 Å². The Balaban J connectivity index is 1.64. The molecule has 0 fully saturated rings. The Morgan fingerprint density at radius 2 is 1.86 bits per heavy atom. The molecule has 0 unspecified atom stereocenters. The van der Waals surface area contributed by atoms with Crippen molar-refractivity contribution in [2.45, 2.75) is 50.6 Å². The molecule has 0 aliphatic carbocycles. The summed E-state index contributed by atoms with van der Waals surface area (Å²) >= 11 is 0. The second kappa shape index (κ2) is 8.78. The minimum Gasteiger partial charge on any atom is -0.352 e. The second-order valence-electron chi connectivity index (χ2n) is 7.29. The van der Waals surface area contributed by atoms with E-state index in [2.05, 4.69) is 5.32 Å². The second-order valence-corrected chi connectivity index (χ2v) is 9.40. The zero-order valence-electron chi connectivity index (χ0n) is 16.7. The van der Waals surface area contributed by atoms with E-state index in [1.165, 1.54) is 6.07 Å². The Hall–Kier alpha value is -2.67. The number of benzene rings is 2. The number of hydrogen-bond acceptors (Lipinski definition) is 4. The van der Waals surface area contributed by atoms with E-state index in [4.69, 9.17) is 0 Å². The average Bonchev–Trinajstić information content (AvgIpc) is 3.06. The lowest BCUT2D eigenvalue weighted by molar-refractivity contribution is -0.121. The van der Waals surface area contributed by atoms with Crippen molar-refractivity contribution in [2.75, 3.05) is 10.7 Å². The van der Waals surface area contributed by atoms with E-state index in [0.717, 1.165) is 16.8 Å². The number of carbonyl (C=O) groups excluding carboxylic acids is 2. The molecule has 0 saturated carbocycles. The number of hydrogen-bond donors (Lipinski definition) is 1. The van der Waals surface area contributed by atoms with E-state index < -0.39 is 9.84 Å². The molecule has 1 N–H and O–H groups in total. The van der Waals surface area contributed by atoms with Gasteiger partial charge in [0.25, 0.3) is 0 Å². The van der Waals surface area contributed by atoms with Crippen molar-refractivity contribution in [1.29, 1.82) is 0 Å². The molecule has 29 heavy (non-hydrogen) atoms.